The van der Waals surface area contributed by atoms with Crippen LogP contribution in [0.1, 0.15) is 5.56 Å². The molecule has 0 saturated carbocycles. The zero-order valence-corrected chi connectivity index (χ0v) is 12.1. The first-order valence-electron chi connectivity index (χ1n) is 7.15. The van der Waals surface area contributed by atoms with Crippen LogP contribution in [0.15, 0.2) is 60.8 Å². The average Bonchev–Trinajstić information content (AvgIpc) is 2.99. The number of benzene rings is 2. The van der Waals surface area contributed by atoms with Crippen molar-refractivity contribution < 1.29 is 0 Å². The number of H-pyrrole nitrogens is 1. The molecule has 4 nitrogen and oxygen atoms in total. The summed E-state index contributed by atoms with van der Waals surface area (Å²) < 4.78 is 0. The van der Waals surface area contributed by atoms with Gasteiger partial charge in [0.15, 0.2) is 5.65 Å². The first-order chi connectivity index (χ1) is 10.8. The maximum Gasteiger partial charge on any atom is 0.200 e. The van der Waals surface area contributed by atoms with Gasteiger partial charge in [-0.3, -0.25) is 5.10 Å². The largest absolute Gasteiger partial charge is 0.273 e. The van der Waals surface area contributed by atoms with Crippen molar-refractivity contribution >= 4 is 11.2 Å². The van der Waals surface area contributed by atoms with Crippen LogP contribution in [0.2, 0.25) is 0 Å². The molecule has 0 radical (unpaired) electrons. The number of nitrogens with zero attached hydrogens (tertiary/aromatic N) is 3. The van der Waals surface area contributed by atoms with Crippen molar-refractivity contribution in [2.45, 2.75) is 6.92 Å². The van der Waals surface area contributed by atoms with Gasteiger partial charge in [0.1, 0.15) is 5.52 Å². The van der Waals surface area contributed by atoms with E-state index in [1.807, 2.05) is 30.3 Å². The van der Waals surface area contributed by atoms with Gasteiger partial charge in [0.05, 0.1) is 17.6 Å². The van der Waals surface area contributed by atoms with Crippen LogP contribution in [0, 0.1) is 6.92 Å². The Morgan fingerprint density at radius 3 is 2.41 bits per heavy atom. The number of aromatic nitrogens is 4. The summed E-state index contributed by atoms with van der Waals surface area (Å²) in [6.45, 7) is 2.07. The lowest BCUT2D eigenvalue weighted by molar-refractivity contribution is 1.10. The van der Waals surface area contributed by atoms with Crippen LogP contribution in [0.5, 0.6) is 0 Å². The third kappa shape index (κ3) is 2.15. The maximum absolute atomic E-state index is 4.76. The highest BCUT2D eigenvalue weighted by Gasteiger charge is 2.11. The molecule has 2 heterocycles. The summed E-state index contributed by atoms with van der Waals surface area (Å²) in [4.78, 5) is 9.18. The molecule has 4 rings (SSSR count). The monoisotopic (exact) mass is 286 g/mol. The Bertz CT molecular complexity index is 924. The van der Waals surface area contributed by atoms with E-state index in [2.05, 4.69) is 46.4 Å². The first kappa shape index (κ1) is 12.7. The number of hydrogen-bond acceptors (Lipinski definition) is 3. The average molecular weight is 286 g/mol. The second-order valence-electron chi connectivity index (χ2n) is 5.26. The summed E-state index contributed by atoms with van der Waals surface area (Å²) in [7, 11) is 0. The highest BCUT2D eigenvalue weighted by molar-refractivity contribution is 5.88. The van der Waals surface area contributed by atoms with Gasteiger partial charge in [0, 0.05) is 11.1 Å². The molecule has 106 valence electrons. The van der Waals surface area contributed by atoms with Crippen molar-refractivity contribution in [2.75, 3.05) is 0 Å². The van der Waals surface area contributed by atoms with E-state index in [1.165, 1.54) is 5.56 Å². The van der Waals surface area contributed by atoms with E-state index < -0.39 is 0 Å². The molecule has 22 heavy (non-hydrogen) atoms. The lowest BCUT2D eigenvalue weighted by Crippen LogP contribution is -1.88. The summed E-state index contributed by atoms with van der Waals surface area (Å²) in [5.74, 6) is 0. The van der Waals surface area contributed by atoms with Gasteiger partial charge >= 0.3 is 0 Å². The number of nitrogens with one attached hydrogen (secondary N) is 1. The normalized spacial score (nSPS) is 11.0. The van der Waals surface area contributed by atoms with Crippen molar-refractivity contribution in [3.63, 3.8) is 0 Å². The van der Waals surface area contributed by atoms with Gasteiger partial charge in [-0.05, 0) is 6.92 Å². The summed E-state index contributed by atoms with van der Waals surface area (Å²) in [6.07, 6.45) is 1.77. The Balaban J connectivity index is 1.88. The molecule has 1 N–H and O–H groups in total. The van der Waals surface area contributed by atoms with Gasteiger partial charge in [0.25, 0.3) is 0 Å². The van der Waals surface area contributed by atoms with Crippen LogP contribution in [-0.4, -0.2) is 20.2 Å². The van der Waals surface area contributed by atoms with Crippen LogP contribution >= 0.6 is 0 Å². The minimum Gasteiger partial charge on any atom is -0.273 e. The predicted molar refractivity (Wildman–Crippen MR) is 87.3 cm³/mol. The van der Waals surface area contributed by atoms with Crippen molar-refractivity contribution in [2.24, 2.45) is 0 Å². The molecule has 0 fully saturated rings. The first-order valence-corrected chi connectivity index (χ1v) is 7.15. The van der Waals surface area contributed by atoms with E-state index in [4.69, 9.17) is 4.98 Å². The number of fused-ring (bicyclic) bond motifs is 1. The summed E-state index contributed by atoms with van der Waals surface area (Å²) in [6, 6.07) is 18.3. The molecule has 0 aliphatic rings. The van der Waals surface area contributed by atoms with Crippen molar-refractivity contribution in [3.8, 4) is 22.5 Å². The molecule has 0 bridgehead atoms. The van der Waals surface area contributed by atoms with Crippen LogP contribution in [0.4, 0.5) is 0 Å². The lowest BCUT2D eigenvalue weighted by atomic mass is 10.1. The predicted octanol–water partition coefficient (Wildman–Crippen LogP) is 4.00. The van der Waals surface area contributed by atoms with Crippen LogP contribution < -0.4 is 0 Å². The topological polar surface area (TPSA) is 54.5 Å². The smallest absolute Gasteiger partial charge is 0.200 e. The van der Waals surface area contributed by atoms with E-state index in [-0.39, 0.29) is 0 Å². The fourth-order valence-corrected chi connectivity index (χ4v) is 2.46. The summed E-state index contributed by atoms with van der Waals surface area (Å²) in [5, 5.41) is 7.29. The molecule has 4 aromatic rings. The van der Waals surface area contributed by atoms with Crippen LogP contribution in [0.25, 0.3) is 33.7 Å². The molecule has 2 aromatic heterocycles. The molecular formula is C18H14N4. The Kier molecular flexibility index (Phi) is 2.93. The molecule has 4 heteroatoms. The quantitative estimate of drug-likeness (QED) is 0.606. The standard InChI is InChI=1S/C18H14N4/c1-12-7-9-13(10-8-12)15-11-19-18-17(20-15)16(21-22-18)14-5-3-2-4-6-14/h2-11H,1H3,(H,19,21,22). The van der Waals surface area contributed by atoms with Gasteiger partial charge in [-0.25, -0.2) is 9.97 Å². The Morgan fingerprint density at radius 2 is 1.64 bits per heavy atom. The molecule has 0 amide bonds. The fourth-order valence-electron chi connectivity index (χ4n) is 2.46. The Hall–Kier alpha value is -3.01. The lowest BCUT2D eigenvalue weighted by Gasteiger charge is -2.02. The Labute approximate surface area is 127 Å². The second kappa shape index (κ2) is 5.07. The van der Waals surface area contributed by atoms with Gasteiger partial charge in [-0.1, -0.05) is 60.2 Å². The molecule has 0 unspecified atom stereocenters. The molecule has 0 atom stereocenters. The van der Waals surface area contributed by atoms with E-state index in [9.17, 15) is 0 Å². The van der Waals surface area contributed by atoms with Crippen molar-refractivity contribution in [1.82, 2.24) is 20.2 Å². The van der Waals surface area contributed by atoms with Gasteiger partial charge in [0.2, 0.25) is 0 Å². The minimum absolute atomic E-state index is 0.634. The molecule has 0 aliphatic heterocycles. The SMILES string of the molecule is Cc1ccc(-c2cnc3n[nH]c(-c4ccccc4)c3n2)cc1. The highest BCUT2D eigenvalue weighted by atomic mass is 15.2. The van der Waals surface area contributed by atoms with E-state index in [0.29, 0.717) is 5.65 Å². The molecule has 0 saturated heterocycles. The zero-order valence-electron chi connectivity index (χ0n) is 12.1. The molecule has 0 spiro atoms. The van der Waals surface area contributed by atoms with Gasteiger partial charge < -0.3 is 0 Å². The molecular weight excluding hydrogens is 272 g/mol. The number of hydrogen-bond donors (Lipinski definition) is 1. The van der Waals surface area contributed by atoms with Crippen LogP contribution in [0.3, 0.4) is 0 Å². The van der Waals surface area contributed by atoms with E-state index >= 15 is 0 Å². The number of aromatic amines is 1. The van der Waals surface area contributed by atoms with E-state index in [0.717, 1.165) is 28.0 Å². The van der Waals surface area contributed by atoms with Crippen molar-refractivity contribution in [3.05, 3.63) is 66.4 Å². The van der Waals surface area contributed by atoms with E-state index in [1.54, 1.807) is 6.20 Å². The summed E-state index contributed by atoms with van der Waals surface area (Å²) >= 11 is 0. The van der Waals surface area contributed by atoms with Crippen molar-refractivity contribution in [1.29, 1.82) is 0 Å². The third-order valence-corrected chi connectivity index (χ3v) is 3.67. The minimum atomic E-state index is 0.634. The second-order valence-corrected chi connectivity index (χ2v) is 5.26. The molecule has 0 aliphatic carbocycles. The highest BCUT2D eigenvalue weighted by Crippen LogP contribution is 2.26. The zero-order chi connectivity index (χ0) is 14.9. The Morgan fingerprint density at radius 1 is 0.864 bits per heavy atom. The third-order valence-electron chi connectivity index (χ3n) is 3.67. The molecule has 2 aromatic carbocycles. The van der Waals surface area contributed by atoms with Gasteiger partial charge in [-0.2, -0.15) is 5.10 Å². The van der Waals surface area contributed by atoms with Gasteiger partial charge in [-0.15, -0.1) is 0 Å². The maximum atomic E-state index is 4.76. The number of aryl methyl sites for hydroxylation is 1. The fraction of sp³-hybridized carbons (Fsp3) is 0.0556. The summed E-state index contributed by atoms with van der Waals surface area (Å²) in [5.41, 5.74) is 6.52. The van der Waals surface area contributed by atoms with Crippen LogP contribution in [-0.2, 0) is 0 Å². The number of rotatable bonds is 2.